The van der Waals surface area contributed by atoms with Crippen LogP contribution in [0, 0.1) is 6.92 Å². The van der Waals surface area contributed by atoms with E-state index in [0.717, 1.165) is 41.0 Å². The number of nitrogens with one attached hydrogen (secondary N) is 4. The Kier molecular flexibility index (Phi) is 8.39. The van der Waals surface area contributed by atoms with Gasteiger partial charge in [-0.3, -0.25) is 20.0 Å². The van der Waals surface area contributed by atoms with Gasteiger partial charge in [-0.25, -0.2) is 9.78 Å². The van der Waals surface area contributed by atoms with Gasteiger partial charge in [0.15, 0.2) is 5.13 Å². The number of hydrogen-bond acceptors (Lipinski definition) is 11. The summed E-state index contributed by atoms with van der Waals surface area (Å²) >= 11 is 0.946. The predicted octanol–water partition coefficient (Wildman–Crippen LogP) is 1.47. The molecule has 2 aromatic heterocycles. The van der Waals surface area contributed by atoms with E-state index >= 15 is 0 Å². The number of aromatic nitrogens is 3. The molecule has 0 fully saturated rings. The maximum Gasteiger partial charge on any atom is 0.329 e. The molecule has 0 radical (unpaired) electrons. The van der Waals surface area contributed by atoms with E-state index in [4.69, 9.17) is 4.74 Å². The summed E-state index contributed by atoms with van der Waals surface area (Å²) in [4.78, 5) is 42.4. The number of thiazole rings is 1. The number of H-pyrrole nitrogens is 1. The molecular formula is C25H26N6O7S. The first kappa shape index (κ1) is 27.5. The van der Waals surface area contributed by atoms with Crippen LogP contribution in [0.2, 0.25) is 0 Å². The second-order valence-electron chi connectivity index (χ2n) is 8.55. The highest BCUT2D eigenvalue weighted by atomic mass is 32.1. The highest BCUT2D eigenvalue weighted by Gasteiger charge is 2.26. The molecule has 4 aromatic rings. The third-order valence-electron chi connectivity index (χ3n) is 5.72. The molecule has 0 saturated carbocycles. The maximum absolute atomic E-state index is 13.0. The Morgan fingerprint density at radius 3 is 2.62 bits per heavy atom. The van der Waals surface area contributed by atoms with Crippen LogP contribution in [0.4, 0.5) is 5.13 Å². The summed E-state index contributed by atoms with van der Waals surface area (Å²) < 4.78 is 4.76. The van der Waals surface area contributed by atoms with Gasteiger partial charge in [0.25, 0.3) is 5.91 Å². The van der Waals surface area contributed by atoms with Gasteiger partial charge in [0, 0.05) is 23.6 Å². The first-order valence-corrected chi connectivity index (χ1v) is 12.5. The molecule has 204 valence electrons. The van der Waals surface area contributed by atoms with Crippen molar-refractivity contribution < 1.29 is 34.4 Å². The number of benzene rings is 2. The Hall–Kier alpha value is -4.53. The van der Waals surface area contributed by atoms with E-state index in [9.17, 15) is 29.7 Å². The van der Waals surface area contributed by atoms with Crippen LogP contribution in [-0.4, -0.2) is 68.0 Å². The van der Waals surface area contributed by atoms with Crippen LogP contribution in [0.5, 0.6) is 11.5 Å². The number of aliphatic hydroxyl groups excluding tert-OH is 1. The van der Waals surface area contributed by atoms with Gasteiger partial charge in [-0.15, -0.1) is 0 Å². The molecule has 0 aliphatic carbocycles. The van der Waals surface area contributed by atoms with Crippen LogP contribution < -0.4 is 16.0 Å². The van der Waals surface area contributed by atoms with Crippen molar-refractivity contribution in [1.82, 2.24) is 25.8 Å². The second-order valence-corrected chi connectivity index (χ2v) is 9.55. The Morgan fingerprint density at radius 1 is 1.15 bits per heavy atom. The fraction of sp³-hybridized carbons (Fsp3) is 0.240. The topological polar surface area (TPSA) is 199 Å². The first-order valence-electron chi connectivity index (χ1n) is 11.7. The maximum atomic E-state index is 13.0. The largest absolute Gasteiger partial charge is 0.508 e. The number of phenolic OH excluding ortho intramolecular Hbond substituents is 2. The Labute approximate surface area is 225 Å². The molecule has 13 nitrogen and oxygen atoms in total. The van der Waals surface area contributed by atoms with Gasteiger partial charge in [0.05, 0.1) is 30.9 Å². The van der Waals surface area contributed by atoms with Gasteiger partial charge < -0.3 is 30.7 Å². The van der Waals surface area contributed by atoms with Crippen molar-refractivity contribution in [1.29, 1.82) is 0 Å². The number of aliphatic hydroxyl groups is 1. The zero-order valence-electron chi connectivity index (χ0n) is 20.9. The van der Waals surface area contributed by atoms with E-state index in [-0.39, 0.29) is 45.9 Å². The highest BCUT2D eigenvalue weighted by molar-refractivity contribution is 7.17. The van der Waals surface area contributed by atoms with Crippen molar-refractivity contribution in [3.05, 3.63) is 64.3 Å². The summed E-state index contributed by atoms with van der Waals surface area (Å²) in [5.41, 5.74) is 2.08. The predicted molar refractivity (Wildman–Crippen MR) is 141 cm³/mol. The minimum absolute atomic E-state index is 0.0758. The average molecular weight is 555 g/mol. The number of aromatic amines is 1. The zero-order chi connectivity index (χ0) is 28.1. The lowest BCUT2D eigenvalue weighted by Gasteiger charge is -2.20. The number of aryl methyl sites for hydroxylation is 1. The number of rotatable bonds is 10. The standard InChI is InChI=1S/C25H26N6O7S/c1-12-21(39-25(28-12)30-20(34)8-13-4-3-5-18-17(13)10-27-31-18)23(36)29-19(24(37)38-2)11-26-22(35)14-6-15(32)9-16(33)7-14/h3-7,9-10,19,22,26,32-33,35H,8,11H2,1-2H3,(H,27,31)(H,29,36)(H,28,30,34)/t19-,22?/m0/s1. The van der Waals surface area contributed by atoms with Crippen molar-refractivity contribution in [2.24, 2.45) is 0 Å². The van der Waals surface area contributed by atoms with E-state index in [0.29, 0.717) is 5.69 Å². The zero-order valence-corrected chi connectivity index (χ0v) is 21.7. The SMILES string of the molecule is COC(=O)[C@H](CNC(O)c1cc(O)cc(O)c1)NC(=O)c1sc(NC(=O)Cc2cccc3[nH]ncc23)nc1C. The van der Waals surface area contributed by atoms with Crippen molar-refractivity contribution in [3.8, 4) is 11.5 Å². The van der Waals surface area contributed by atoms with Crippen LogP contribution >= 0.6 is 11.3 Å². The fourth-order valence-electron chi connectivity index (χ4n) is 3.86. The number of aromatic hydroxyl groups is 2. The van der Waals surface area contributed by atoms with E-state index in [1.54, 1.807) is 13.1 Å². The molecule has 2 heterocycles. The van der Waals surface area contributed by atoms with Crippen LogP contribution in [0.25, 0.3) is 10.9 Å². The Balaban J connectivity index is 1.39. The molecule has 7 N–H and O–H groups in total. The monoisotopic (exact) mass is 554 g/mol. The van der Waals surface area contributed by atoms with Crippen molar-refractivity contribution in [2.45, 2.75) is 25.6 Å². The van der Waals surface area contributed by atoms with Crippen molar-refractivity contribution >= 4 is 45.2 Å². The normalized spacial score (nSPS) is 12.6. The molecular weight excluding hydrogens is 528 g/mol. The summed E-state index contributed by atoms with van der Waals surface area (Å²) in [6, 6.07) is 7.86. The van der Waals surface area contributed by atoms with Crippen molar-refractivity contribution in [3.63, 3.8) is 0 Å². The molecule has 14 heteroatoms. The molecule has 0 aliphatic rings. The number of hydrogen-bond donors (Lipinski definition) is 7. The molecule has 1 unspecified atom stereocenters. The summed E-state index contributed by atoms with van der Waals surface area (Å²) in [5, 5.41) is 45.4. The molecule has 0 spiro atoms. The van der Waals surface area contributed by atoms with Crippen LogP contribution in [-0.2, 0) is 20.7 Å². The summed E-state index contributed by atoms with van der Waals surface area (Å²) in [6.07, 6.45) is 0.353. The van der Waals surface area contributed by atoms with Gasteiger partial charge in [-0.2, -0.15) is 5.10 Å². The quantitative estimate of drug-likeness (QED) is 0.111. The molecule has 0 bridgehead atoms. The van der Waals surface area contributed by atoms with Crippen molar-refractivity contribution in [2.75, 3.05) is 19.0 Å². The number of phenols is 2. The number of carbonyl (C=O) groups excluding carboxylic acids is 3. The smallest absolute Gasteiger partial charge is 0.329 e. The number of esters is 1. The minimum Gasteiger partial charge on any atom is -0.508 e. The number of anilines is 1. The van der Waals surface area contributed by atoms with Crippen LogP contribution in [0.3, 0.4) is 0 Å². The minimum atomic E-state index is -1.37. The highest BCUT2D eigenvalue weighted by Crippen LogP contribution is 2.25. The van der Waals surface area contributed by atoms with Gasteiger partial charge >= 0.3 is 5.97 Å². The molecule has 4 rings (SSSR count). The lowest BCUT2D eigenvalue weighted by molar-refractivity contribution is -0.142. The van der Waals surface area contributed by atoms with Gasteiger partial charge in [-0.05, 0) is 30.7 Å². The molecule has 2 atom stereocenters. The number of ether oxygens (including phenoxy) is 1. The Bertz CT molecular complexity index is 1500. The number of methoxy groups -OCH3 is 1. The molecule has 0 aliphatic heterocycles. The number of amides is 2. The van der Waals surface area contributed by atoms with Gasteiger partial charge in [0.1, 0.15) is 28.6 Å². The Morgan fingerprint density at radius 2 is 1.90 bits per heavy atom. The third-order valence-corrected chi connectivity index (χ3v) is 6.79. The lowest BCUT2D eigenvalue weighted by atomic mass is 10.1. The molecule has 39 heavy (non-hydrogen) atoms. The number of fused-ring (bicyclic) bond motifs is 1. The molecule has 0 saturated heterocycles. The third kappa shape index (κ3) is 6.67. The number of nitrogens with zero attached hydrogens (tertiary/aromatic N) is 2. The summed E-state index contributed by atoms with van der Waals surface area (Å²) in [7, 11) is 1.15. The van der Waals surface area contributed by atoms with Crippen LogP contribution in [0.15, 0.2) is 42.6 Å². The fourth-order valence-corrected chi connectivity index (χ4v) is 4.75. The van der Waals surface area contributed by atoms with E-state index in [2.05, 4.69) is 31.1 Å². The average Bonchev–Trinajstić information content (AvgIpc) is 3.52. The molecule has 2 amide bonds. The first-order chi connectivity index (χ1) is 18.6. The van der Waals surface area contributed by atoms with Gasteiger partial charge in [0.2, 0.25) is 5.91 Å². The van der Waals surface area contributed by atoms with Gasteiger partial charge in [-0.1, -0.05) is 23.5 Å². The van der Waals surface area contributed by atoms with Crippen LogP contribution in [0.1, 0.15) is 32.7 Å². The summed E-state index contributed by atoms with van der Waals surface area (Å²) in [5.74, 6) is -2.24. The molecule has 2 aromatic carbocycles. The van der Waals surface area contributed by atoms with E-state index in [1.807, 2.05) is 18.2 Å². The number of carbonyl (C=O) groups is 3. The summed E-state index contributed by atoms with van der Waals surface area (Å²) in [6.45, 7) is 1.35. The lowest BCUT2D eigenvalue weighted by Crippen LogP contribution is -2.48. The van der Waals surface area contributed by atoms with E-state index < -0.39 is 24.1 Å². The van der Waals surface area contributed by atoms with E-state index in [1.165, 1.54) is 12.1 Å². The second kappa shape index (κ2) is 11.9.